The third kappa shape index (κ3) is 4.38. The zero-order valence-electron chi connectivity index (χ0n) is 6.86. The van der Waals surface area contributed by atoms with E-state index in [9.17, 15) is 9.36 Å². The molecular formula is C6H13NO4P+. The van der Waals surface area contributed by atoms with Crippen molar-refractivity contribution in [2.75, 3.05) is 19.6 Å². The minimum Gasteiger partial charge on any atom is -0.480 e. The Hall–Kier alpha value is -0.510. The molecule has 0 spiro atoms. The molecule has 0 aliphatic rings. The highest BCUT2D eigenvalue weighted by Gasteiger charge is 2.20. The fourth-order valence-electron chi connectivity index (χ4n) is 0.735. The lowest BCUT2D eigenvalue weighted by molar-refractivity contribution is -0.139. The zero-order valence-corrected chi connectivity index (χ0v) is 7.75. The van der Waals surface area contributed by atoms with Crippen LogP contribution in [0.25, 0.3) is 0 Å². The van der Waals surface area contributed by atoms with Crippen LogP contribution < -0.4 is 5.32 Å². The van der Waals surface area contributed by atoms with Crippen LogP contribution in [0, 0.1) is 0 Å². The lowest BCUT2D eigenvalue weighted by atomic mass is 10.2. The van der Waals surface area contributed by atoms with Crippen LogP contribution in [0.15, 0.2) is 0 Å². The van der Waals surface area contributed by atoms with Gasteiger partial charge in [-0.15, -0.1) is 0 Å². The molecule has 0 saturated heterocycles. The largest absolute Gasteiger partial charge is 0.480 e. The zero-order chi connectivity index (χ0) is 9.56. The van der Waals surface area contributed by atoms with E-state index < -0.39 is 19.8 Å². The highest BCUT2D eigenvalue weighted by atomic mass is 31.1. The average Bonchev–Trinajstić information content (AvgIpc) is 2.04. The van der Waals surface area contributed by atoms with Crippen molar-refractivity contribution in [2.45, 2.75) is 12.5 Å². The molecule has 0 bridgehead atoms. The summed E-state index contributed by atoms with van der Waals surface area (Å²) in [4.78, 5) is 10.4. The van der Waals surface area contributed by atoms with E-state index >= 15 is 0 Å². The molecule has 0 aliphatic heterocycles. The average molecular weight is 194 g/mol. The minimum atomic E-state index is -1.64. The van der Waals surface area contributed by atoms with Gasteiger partial charge >= 0.3 is 13.8 Å². The van der Waals surface area contributed by atoms with Crippen LogP contribution in [0.4, 0.5) is 0 Å². The number of hydrogen-bond acceptors (Lipinski definition) is 4. The Morgan fingerprint density at radius 3 is 2.58 bits per heavy atom. The van der Waals surface area contributed by atoms with Crippen molar-refractivity contribution in [2.24, 2.45) is 0 Å². The van der Waals surface area contributed by atoms with Gasteiger partial charge in [0.15, 0.2) is 6.16 Å². The Morgan fingerprint density at radius 1 is 1.67 bits per heavy atom. The van der Waals surface area contributed by atoms with E-state index in [0.717, 1.165) is 0 Å². The fraction of sp³-hybridized carbons (Fsp3) is 0.833. The van der Waals surface area contributed by atoms with E-state index in [4.69, 9.17) is 10.2 Å². The summed E-state index contributed by atoms with van der Waals surface area (Å²) in [5, 5.41) is 19.5. The predicted molar refractivity (Wildman–Crippen MR) is 44.7 cm³/mol. The summed E-state index contributed by atoms with van der Waals surface area (Å²) in [6, 6.07) is -0.671. The van der Waals surface area contributed by atoms with Crippen LogP contribution in [0.1, 0.15) is 6.42 Å². The molecule has 0 saturated carbocycles. The summed E-state index contributed by atoms with van der Waals surface area (Å²) in [7, 11) is -0.107. The summed E-state index contributed by atoms with van der Waals surface area (Å²) in [5.41, 5.74) is 0. The van der Waals surface area contributed by atoms with Gasteiger partial charge in [0.1, 0.15) is 6.04 Å². The number of aliphatic hydroxyl groups excluding tert-OH is 1. The number of aliphatic carboxylic acids is 1. The first kappa shape index (κ1) is 11.5. The van der Waals surface area contributed by atoms with Crippen LogP contribution in [0.2, 0.25) is 0 Å². The van der Waals surface area contributed by atoms with Gasteiger partial charge in [-0.25, -0.2) is 0 Å². The Labute approximate surface area is 71.6 Å². The first-order chi connectivity index (χ1) is 5.61. The number of hydrogen-bond donors (Lipinski definition) is 3. The third-order valence-electron chi connectivity index (χ3n) is 1.47. The second kappa shape index (κ2) is 6.06. The Morgan fingerprint density at radius 2 is 2.25 bits per heavy atom. The number of carboxylic acids is 1. The number of carboxylic acid groups (broad SMARTS) is 1. The van der Waals surface area contributed by atoms with Gasteiger partial charge in [0.05, 0.1) is 0 Å². The first-order valence-corrected chi connectivity index (χ1v) is 5.17. The van der Waals surface area contributed by atoms with Gasteiger partial charge < -0.3 is 15.5 Å². The number of rotatable bonds is 6. The van der Waals surface area contributed by atoms with E-state index in [1.54, 1.807) is 0 Å². The SMILES string of the molecule is CNC(CC[P+](=O)CO)C(=O)O. The van der Waals surface area contributed by atoms with Crippen molar-refractivity contribution >= 4 is 13.8 Å². The molecule has 0 rings (SSSR count). The van der Waals surface area contributed by atoms with E-state index in [-0.39, 0.29) is 18.9 Å². The molecule has 0 aromatic heterocycles. The maximum Gasteiger partial charge on any atom is 0.366 e. The molecule has 0 radical (unpaired) electrons. The van der Waals surface area contributed by atoms with Crippen LogP contribution >= 0.6 is 7.80 Å². The molecule has 2 unspecified atom stereocenters. The van der Waals surface area contributed by atoms with Gasteiger partial charge in [-0.3, -0.25) is 4.79 Å². The summed E-state index contributed by atoms with van der Waals surface area (Å²) in [6.07, 6.45) is 0.149. The highest BCUT2D eigenvalue weighted by molar-refractivity contribution is 7.44. The first-order valence-electron chi connectivity index (χ1n) is 3.54. The Bertz CT molecular complexity index is 173. The topological polar surface area (TPSA) is 86.6 Å². The number of aliphatic hydroxyl groups is 1. The summed E-state index contributed by atoms with van der Waals surface area (Å²) in [5.74, 6) is -0.959. The van der Waals surface area contributed by atoms with Crippen LogP contribution in [0.5, 0.6) is 0 Å². The van der Waals surface area contributed by atoms with Crippen molar-refractivity contribution < 1.29 is 19.6 Å². The lowest BCUT2D eigenvalue weighted by Gasteiger charge is -2.06. The van der Waals surface area contributed by atoms with Crippen molar-refractivity contribution in [1.29, 1.82) is 0 Å². The number of likely N-dealkylation sites (N-methyl/N-ethyl adjacent to an activating group) is 1. The Kier molecular flexibility index (Phi) is 5.80. The van der Waals surface area contributed by atoms with E-state index in [1.165, 1.54) is 7.05 Å². The van der Waals surface area contributed by atoms with Crippen molar-refractivity contribution in [3.05, 3.63) is 0 Å². The maximum absolute atomic E-state index is 10.7. The fourth-order valence-corrected chi connectivity index (χ4v) is 1.42. The van der Waals surface area contributed by atoms with Gasteiger partial charge in [-0.2, -0.15) is 0 Å². The van der Waals surface area contributed by atoms with Gasteiger partial charge in [0, 0.05) is 6.42 Å². The molecule has 0 aromatic rings. The highest BCUT2D eigenvalue weighted by Crippen LogP contribution is 2.19. The van der Waals surface area contributed by atoms with E-state index in [1.807, 2.05) is 0 Å². The van der Waals surface area contributed by atoms with Crippen molar-refractivity contribution in [3.63, 3.8) is 0 Å². The van der Waals surface area contributed by atoms with Crippen molar-refractivity contribution in [3.8, 4) is 0 Å². The quantitative estimate of drug-likeness (QED) is 0.511. The molecule has 0 fully saturated rings. The number of carbonyl (C=O) groups is 1. The van der Waals surface area contributed by atoms with E-state index in [0.29, 0.717) is 0 Å². The maximum atomic E-state index is 10.7. The second-order valence-electron chi connectivity index (χ2n) is 2.32. The molecular weight excluding hydrogens is 181 g/mol. The van der Waals surface area contributed by atoms with Gasteiger partial charge in [-0.05, 0) is 7.05 Å². The minimum absolute atomic E-state index is 0.240. The molecule has 0 aromatic carbocycles. The molecule has 0 amide bonds. The standard InChI is InChI=1S/C6H12NO4P/c1-7-5(6(9)10)2-3-12(11)4-8/h5,7-8H,2-4H2,1H3/p+1. The predicted octanol–water partition coefficient (Wildman–Crippen LogP) is -0.174. The third-order valence-corrected chi connectivity index (χ3v) is 2.54. The Balaban J connectivity index is 3.73. The van der Waals surface area contributed by atoms with Crippen LogP contribution in [0.3, 0.4) is 0 Å². The summed E-state index contributed by atoms with van der Waals surface area (Å²) < 4.78 is 10.7. The van der Waals surface area contributed by atoms with Gasteiger partial charge in [0.2, 0.25) is 6.35 Å². The van der Waals surface area contributed by atoms with E-state index in [2.05, 4.69) is 5.32 Å². The molecule has 70 valence electrons. The molecule has 6 heteroatoms. The van der Waals surface area contributed by atoms with Gasteiger partial charge in [0.25, 0.3) is 0 Å². The molecule has 5 nitrogen and oxygen atoms in total. The molecule has 0 heterocycles. The lowest BCUT2D eigenvalue weighted by Crippen LogP contribution is -2.34. The number of nitrogens with one attached hydrogen (secondary N) is 1. The summed E-state index contributed by atoms with van der Waals surface area (Å²) in [6.45, 7) is 0. The van der Waals surface area contributed by atoms with Gasteiger partial charge in [-0.1, -0.05) is 4.57 Å². The second-order valence-corrected chi connectivity index (χ2v) is 4.01. The molecule has 2 atom stereocenters. The van der Waals surface area contributed by atoms with Crippen LogP contribution in [-0.4, -0.2) is 41.8 Å². The molecule has 3 N–H and O–H groups in total. The molecule has 12 heavy (non-hydrogen) atoms. The monoisotopic (exact) mass is 194 g/mol. The smallest absolute Gasteiger partial charge is 0.366 e. The van der Waals surface area contributed by atoms with Crippen LogP contribution in [-0.2, 0) is 9.36 Å². The molecule has 0 aliphatic carbocycles. The normalized spacial score (nSPS) is 14.0. The summed E-state index contributed by atoms with van der Waals surface area (Å²) >= 11 is 0. The van der Waals surface area contributed by atoms with Crippen molar-refractivity contribution in [1.82, 2.24) is 5.32 Å².